The second kappa shape index (κ2) is 6.14. The fraction of sp³-hybridized carbons (Fsp3) is 0.444. The molecule has 0 amide bonds. The van der Waals surface area contributed by atoms with Crippen LogP contribution in [0.5, 0.6) is 0 Å². The van der Waals surface area contributed by atoms with Gasteiger partial charge in [0.05, 0.1) is 12.2 Å². The summed E-state index contributed by atoms with van der Waals surface area (Å²) in [4.78, 5) is 2.42. The van der Waals surface area contributed by atoms with Gasteiger partial charge in [-0.2, -0.15) is 0 Å². The molecular formula is C18H24N2O. The van der Waals surface area contributed by atoms with Crippen molar-refractivity contribution in [1.82, 2.24) is 4.90 Å². The van der Waals surface area contributed by atoms with Crippen LogP contribution >= 0.6 is 0 Å². The van der Waals surface area contributed by atoms with Gasteiger partial charge < -0.3 is 10.5 Å². The minimum atomic E-state index is 0.0357. The Morgan fingerprint density at radius 2 is 1.76 bits per heavy atom. The minimum absolute atomic E-state index is 0.0357. The van der Waals surface area contributed by atoms with Crippen LogP contribution in [-0.2, 0) is 4.74 Å². The minimum Gasteiger partial charge on any atom is -0.373 e. The quantitative estimate of drug-likeness (QED) is 0.942. The van der Waals surface area contributed by atoms with Crippen molar-refractivity contribution in [1.29, 1.82) is 0 Å². The lowest BCUT2D eigenvalue weighted by molar-refractivity contribution is -0.0691. The first kappa shape index (κ1) is 14.5. The lowest BCUT2D eigenvalue weighted by Gasteiger charge is -2.36. The van der Waals surface area contributed by atoms with Gasteiger partial charge in [-0.25, -0.2) is 0 Å². The monoisotopic (exact) mass is 284 g/mol. The van der Waals surface area contributed by atoms with Gasteiger partial charge in [0.2, 0.25) is 0 Å². The van der Waals surface area contributed by atoms with E-state index in [0.29, 0.717) is 0 Å². The molecule has 3 nitrogen and oxygen atoms in total. The Morgan fingerprint density at radius 1 is 1.10 bits per heavy atom. The molecule has 3 atom stereocenters. The van der Waals surface area contributed by atoms with Gasteiger partial charge >= 0.3 is 0 Å². The van der Waals surface area contributed by atoms with Crippen LogP contribution in [0, 0.1) is 0 Å². The number of nitrogens with zero attached hydrogens (tertiary/aromatic N) is 1. The van der Waals surface area contributed by atoms with Crippen LogP contribution < -0.4 is 5.73 Å². The highest BCUT2D eigenvalue weighted by Gasteiger charge is 2.24. The highest BCUT2D eigenvalue weighted by atomic mass is 16.5. The van der Waals surface area contributed by atoms with E-state index in [-0.39, 0.29) is 18.2 Å². The van der Waals surface area contributed by atoms with Crippen LogP contribution in [0.4, 0.5) is 0 Å². The van der Waals surface area contributed by atoms with Gasteiger partial charge in [-0.3, -0.25) is 4.90 Å². The van der Waals surface area contributed by atoms with Crippen molar-refractivity contribution in [2.24, 2.45) is 5.73 Å². The van der Waals surface area contributed by atoms with Gasteiger partial charge in [-0.05, 0) is 30.2 Å². The SMILES string of the molecule is CC1CN(CC(N)c2cccc3ccccc23)CC(C)O1. The van der Waals surface area contributed by atoms with Gasteiger partial charge in [-0.15, -0.1) is 0 Å². The van der Waals surface area contributed by atoms with Crippen molar-refractivity contribution >= 4 is 10.8 Å². The Hall–Kier alpha value is -1.42. The number of fused-ring (bicyclic) bond motifs is 1. The Kier molecular flexibility index (Phi) is 4.24. The van der Waals surface area contributed by atoms with Crippen molar-refractivity contribution in [3.8, 4) is 0 Å². The van der Waals surface area contributed by atoms with Crippen LogP contribution in [-0.4, -0.2) is 36.7 Å². The Morgan fingerprint density at radius 3 is 2.52 bits per heavy atom. The first-order valence-electron chi connectivity index (χ1n) is 7.74. The summed E-state index contributed by atoms with van der Waals surface area (Å²) in [5.74, 6) is 0. The molecule has 1 heterocycles. The van der Waals surface area contributed by atoms with Crippen molar-refractivity contribution in [2.75, 3.05) is 19.6 Å². The van der Waals surface area contributed by atoms with E-state index < -0.39 is 0 Å². The number of hydrogen-bond donors (Lipinski definition) is 1. The molecule has 112 valence electrons. The third-order valence-corrected chi connectivity index (χ3v) is 4.17. The lowest BCUT2D eigenvalue weighted by Crippen LogP contribution is -2.47. The van der Waals surface area contributed by atoms with Crippen molar-refractivity contribution < 1.29 is 4.74 Å². The fourth-order valence-electron chi connectivity index (χ4n) is 3.38. The molecule has 2 aromatic carbocycles. The number of hydrogen-bond acceptors (Lipinski definition) is 3. The number of benzene rings is 2. The predicted octanol–water partition coefficient (Wildman–Crippen LogP) is 2.95. The molecule has 0 aliphatic carbocycles. The average Bonchev–Trinajstić information content (AvgIpc) is 2.45. The molecule has 3 unspecified atom stereocenters. The second-order valence-corrected chi connectivity index (χ2v) is 6.15. The standard InChI is InChI=1S/C18H24N2O/c1-13-10-20(11-14(2)21-13)12-18(19)17-9-5-7-15-6-3-4-8-16(15)17/h3-9,13-14,18H,10-12,19H2,1-2H3. The molecule has 3 heteroatoms. The topological polar surface area (TPSA) is 38.5 Å². The van der Waals surface area contributed by atoms with Crippen molar-refractivity contribution in [2.45, 2.75) is 32.1 Å². The van der Waals surface area contributed by atoms with E-state index >= 15 is 0 Å². The first-order chi connectivity index (χ1) is 10.1. The summed E-state index contributed by atoms with van der Waals surface area (Å²) >= 11 is 0. The fourth-order valence-corrected chi connectivity index (χ4v) is 3.38. The van der Waals surface area contributed by atoms with E-state index in [1.165, 1.54) is 16.3 Å². The number of morpholine rings is 1. The highest BCUT2D eigenvalue weighted by Crippen LogP contribution is 2.24. The molecule has 1 aliphatic rings. The summed E-state index contributed by atoms with van der Waals surface area (Å²) in [7, 11) is 0. The third kappa shape index (κ3) is 3.26. The molecule has 1 saturated heterocycles. The number of ether oxygens (including phenoxy) is 1. The first-order valence-corrected chi connectivity index (χ1v) is 7.74. The van der Waals surface area contributed by atoms with Crippen molar-refractivity contribution in [3.63, 3.8) is 0 Å². The zero-order valence-corrected chi connectivity index (χ0v) is 12.8. The molecule has 2 aromatic rings. The summed E-state index contributed by atoms with van der Waals surface area (Å²) in [6, 6.07) is 14.9. The zero-order valence-electron chi connectivity index (χ0n) is 12.8. The largest absolute Gasteiger partial charge is 0.373 e. The molecule has 1 aliphatic heterocycles. The Balaban J connectivity index is 1.79. The smallest absolute Gasteiger partial charge is 0.0678 e. The van der Waals surface area contributed by atoms with Crippen LogP contribution in [0.25, 0.3) is 10.8 Å². The van der Waals surface area contributed by atoms with E-state index in [1.54, 1.807) is 0 Å². The molecular weight excluding hydrogens is 260 g/mol. The summed E-state index contributed by atoms with van der Waals surface area (Å²) in [5.41, 5.74) is 7.74. The van der Waals surface area contributed by atoms with Gasteiger partial charge in [0.25, 0.3) is 0 Å². The summed E-state index contributed by atoms with van der Waals surface area (Å²) in [6.07, 6.45) is 0.571. The molecule has 1 fully saturated rings. The predicted molar refractivity (Wildman–Crippen MR) is 87.3 cm³/mol. The van der Waals surface area contributed by atoms with E-state index in [0.717, 1.165) is 19.6 Å². The molecule has 0 saturated carbocycles. The molecule has 21 heavy (non-hydrogen) atoms. The maximum atomic E-state index is 6.50. The maximum absolute atomic E-state index is 6.50. The summed E-state index contributed by atoms with van der Waals surface area (Å²) < 4.78 is 5.79. The van der Waals surface area contributed by atoms with E-state index in [2.05, 4.69) is 61.2 Å². The van der Waals surface area contributed by atoms with Crippen molar-refractivity contribution in [3.05, 3.63) is 48.0 Å². The highest BCUT2D eigenvalue weighted by molar-refractivity contribution is 5.86. The normalized spacial score (nSPS) is 25.1. The summed E-state index contributed by atoms with van der Waals surface area (Å²) in [5, 5.41) is 2.52. The van der Waals surface area contributed by atoms with Gasteiger partial charge in [0.1, 0.15) is 0 Å². The van der Waals surface area contributed by atoms with Crippen LogP contribution in [0.2, 0.25) is 0 Å². The zero-order chi connectivity index (χ0) is 14.8. The Labute approximate surface area is 126 Å². The maximum Gasteiger partial charge on any atom is 0.0678 e. The van der Waals surface area contributed by atoms with E-state index in [9.17, 15) is 0 Å². The van der Waals surface area contributed by atoms with E-state index in [1.807, 2.05) is 0 Å². The van der Waals surface area contributed by atoms with Gasteiger partial charge in [0, 0.05) is 25.7 Å². The second-order valence-electron chi connectivity index (χ2n) is 6.15. The molecule has 0 bridgehead atoms. The van der Waals surface area contributed by atoms with Gasteiger partial charge in [0.15, 0.2) is 0 Å². The van der Waals surface area contributed by atoms with Gasteiger partial charge in [-0.1, -0.05) is 42.5 Å². The average molecular weight is 284 g/mol. The Bertz CT molecular complexity index is 598. The van der Waals surface area contributed by atoms with Crippen LogP contribution in [0.3, 0.4) is 0 Å². The lowest BCUT2D eigenvalue weighted by atomic mass is 9.98. The molecule has 0 aromatic heterocycles. The summed E-state index contributed by atoms with van der Waals surface area (Å²) in [6.45, 7) is 7.07. The number of nitrogens with two attached hydrogens (primary N) is 1. The third-order valence-electron chi connectivity index (χ3n) is 4.17. The van der Waals surface area contributed by atoms with Crippen LogP contribution in [0.15, 0.2) is 42.5 Å². The van der Waals surface area contributed by atoms with Crippen LogP contribution in [0.1, 0.15) is 25.5 Å². The molecule has 3 rings (SSSR count). The molecule has 2 N–H and O–H groups in total. The molecule has 0 spiro atoms. The van der Waals surface area contributed by atoms with E-state index in [4.69, 9.17) is 10.5 Å². The number of rotatable bonds is 3. The molecule has 0 radical (unpaired) electrons.